The maximum absolute atomic E-state index is 12.6. The Morgan fingerprint density at radius 1 is 1.53 bits per heavy atom. The van der Waals surface area contributed by atoms with E-state index >= 15 is 0 Å². The lowest BCUT2D eigenvalue weighted by atomic mass is 9.99. The van der Waals surface area contributed by atoms with E-state index < -0.39 is 0 Å². The zero-order valence-electron chi connectivity index (χ0n) is 11.2. The van der Waals surface area contributed by atoms with Crippen molar-refractivity contribution in [1.82, 2.24) is 4.90 Å². The average molecular weight is 347 g/mol. The van der Waals surface area contributed by atoms with Crippen molar-refractivity contribution < 1.29 is 9.53 Å². The number of hydrogen-bond donors (Lipinski definition) is 0. The van der Waals surface area contributed by atoms with Crippen molar-refractivity contribution in [2.24, 2.45) is 0 Å². The zero-order valence-corrected chi connectivity index (χ0v) is 13.6. The van der Waals surface area contributed by atoms with Crippen molar-refractivity contribution in [3.05, 3.63) is 33.3 Å². The number of ether oxygens (including phenoxy) is 1. The van der Waals surface area contributed by atoms with Crippen LogP contribution in [0.5, 0.6) is 0 Å². The van der Waals surface area contributed by atoms with Crippen molar-refractivity contribution in [3.8, 4) is 0 Å². The summed E-state index contributed by atoms with van der Waals surface area (Å²) < 4.78 is 6.36. The monoisotopic (exact) mass is 345 g/mol. The smallest absolute Gasteiger partial charge is 0.254 e. The molecule has 1 atom stereocenters. The van der Waals surface area contributed by atoms with Crippen LogP contribution in [0.25, 0.3) is 0 Å². The van der Waals surface area contributed by atoms with E-state index in [1.54, 1.807) is 18.2 Å². The van der Waals surface area contributed by atoms with Gasteiger partial charge >= 0.3 is 0 Å². The molecule has 5 heteroatoms. The van der Waals surface area contributed by atoms with Gasteiger partial charge in [-0.05, 0) is 54.9 Å². The fourth-order valence-electron chi connectivity index (χ4n) is 2.12. The topological polar surface area (TPSA) is 29.5 Å². The van der Waals surface area contributed by atoms with E-state index in [1.807, 2.05) is 25.7 Å². The first kappa shape index (κ1) is 14.8. The van der Waals surface area contributed by atoms with Crippen LogP contribution in [0.15, 0.2) is 22.7 Å². The highest BCUT2D eigenvalue weighted by Gasteiger charge is 2.37. The Labute approximate surface area is 127 Å². The largest absolute Gasteiger partial charge is 0.374 e. The molecule has 1 aliphatic rings. The van der Waals surface area contributed by atoms with Gasteiger partial charge in [-0.2, -0.15) is 0 Å². The van der Waals surface area contributed by atoms with Gasteiger partial charge in [-0.3, -0.25) is 4.79 Å². The molecule has 1 unspecified atom stereocenters. The fraction of sp³-hybridized carbons (Fsp3) is 0.500. The molecule has 1 amide bonds. The second-order valence-electron chi connectivity index (χ2n) is 5.48. The zero-order chi connectivity index (χ0) is 14.2. The molecule has 1 aliphatic heterocycles. The lowest BCUT2D eigenvalue weighted by molar-refractivity contribution is -0.0755. The number of halogens is 2. The van der Waals surface area contributed by atoms with Crippen LogP contribution >= 0.6 is 27.5 Å². The number of rotatable bonds is 1. The molecule has 1 aromatic rings. The molecule has 0 aliphatic carbocycles. The van der Waals surface area contributed by atoms with Crippen LogP contribution in [0.2, 0.25) is 5.02 Å². The molecule has 0 N–H and O–H groups in total. The second-order valence-corrected chi connectivity index (χ2v) is 6.74. The number of morpholine rings is 1. The molecule has 104 valence electrons. The van der Waals surface area contributed by atoms with Crippen LogP contribution in [0.3, 0.4) is 0 Å². The average Bonchev–Trinajstić information content (AvgIpc) is 2.35. The van der Waals surface area contributed by atoms with E-state index in [0.29, 0.717) is 23.7 Å². The van der Waals surface area contributed by atoms with Crippen LogP contribution in [0.1, 0.15) is 31.1 Å². The summed E-state index contributed by atoms with van der Waals surface area (Å²) in [6.45, 7) is 7.16. The van der Waals surface area contributed by atoms with Gasteiger partial charge in [0.25, 0.3) is 5.91 Å². The van der Waals surface area contributed by atoms with E-state index in [-0.39, 0.29) is 17.6 Å². The summed E-state index contributed by atoms with van der Waals surface area (Å²) in [6, 6.07) is 5.25. The Hall–Kier alpha value is -0.580. The maximum Gasteiger partial charge on any atom is 0.254 e. The molecular weight excluding hydrogens is 330 g/mol. The van der Waals surface area contributed by atoms with Crippen LogP contribution in [-0.4, -0.2) is 35.6 Å². The van der Waals surface area contributed by atoms with Crippen molar-refractivity contribution in [2.75, 3.05) is 13.2 Å². The molecule has 1 fully saturated rings. The van der Waals surface area contributed by atoms with Crippen LogP contribution in [-0.2, 0) is 4.74 Å². The summed E-state index contributed by atoms with van der Waals surface area (Å²) in [7, 11) is 0. The number of carbonyl (C=O) groups is 1. The van der Waals surface area contributed by atoms with E-state index in [9.17, 15) is 4.79 Å². The standard InChI is InChI=1S/C14H17BrClNO2/c1-9-7-17(14(2,3)8-19-9)13(18)10-4-5-12(16)11(15)6-10/h4-6,9H,7-8H2,1-3H3. The minimum Gasteiger partial charge on any atom is -0.374 e. The third kappa shape index (κ3) is 3.12. The van der Waals surface area contributed by atoms with E-state index in [2.05, 4.69) is 15.9 Å². The molecule has 0 saturated carbocycles. The van der Waals surface area contributed by atoms with E-state index in [4.69, 9.17) is 16.3 Å². The summed E-state index contributed by atoms with van der Waals surface area (Å²) in [6.07, 6.45) is 0.0627. The Morgan fingerprint density at radius 3 is 2.84 bits per heavy atom. The number of nitrogens with zero attached hydrogens (tertiary/aromatic N) is 1. The highest BCUT2D eigenvalue weighted by Crippen LogP contribution is 2.27. The van der Waals surface area contributed by atoms with Crippen molar-refractivity contribution in [2.45, 2.75) is 32.4 Å². The Balaban J connectivity index is 2.29. The summed E-state index contributed by atoms with van der Waals surface area (Å²) in [5, 5.41) is 0.603. The minimum absolute atomic E-state index is 0.0116. The van der Waals surface area contributed by atoms with E-state index in [0.717, 1.165) is 4.47 Å². The number of amides is 1. The number of hydrogen-bond acceptors (Lipinski definition) is 2. The van der Waals surface area contributed by atoms with Crippen molar-refractivity contribution >= 4 is 33.4 Å². The molecule has 3 nitrogen and oxygen atoms in total. The first-order chi connectivity index (χ1) is 8.81. The predicted octanol–water partition coefficient (Wildman–Crippen LogP) is 3.74. The minimum atomic E-state index is -0.296. The van der Waals surface area contributed by atoms with Crippen LogP contribution in [0.4, 0.5) is 0 Å². The first-order valence-corrected chi connectivity index (χ1v) is 7.37. The highest BCUT2D eigenvalue weighted by molar-refractivity contribution is 9.10. The van der Waals surface area contributed by atoms with Gasteiger partial charge in [0.05, 0.1) is 23.3 Å². The third-order valence-electron chi connectivity index (χ3n) is 3.30. The molecule has 0 radical (unpaired) electrons. The Kier molecular flexibility index (Phi) is 4.23. The number of carbonyl (C=O) groups excluding carboxylic acids is 1. The summed E-state index contributed by atoms with van der Waals surface area (Å²) in [5.74, 6) is 0.0116. The lowest BCUT2D eigenvalue weighted by Crippen LogP contribution is -2.57. The van der Waals surface area contributed by atoms with Crippen LogP contribution < -0.4 is 0 Å². The molecule has 0 aromatic heterocycles. The van der Waals surface area contributed by atoms with Crippen molar-refractivity contribution in [3.63, 3.8) is 0 Å². The molecule has 1 heterocycles. The fourth-order valence-corrected chi connectivity index (χ4v) is 2.62. The third-order valence-corrected chi connectivity index (χ3v) is 4.52. The van der Waals surface area contributed by atoms with Gasteiger partial charge in [0.2, 0.25) is 0 Å². The molecule has 0 spiro atoms. The first-order valence-electron chi connectivity index (χ1n) is 6.20. The Bertz CT molecular complexity index is 504. The van der Waals surface area contributed by atoms with Gasteiger partial charge in [-0.25, -0.2) is 0 Å². The summed E-state index contributed by atoms with van der Waals surface area (Å²) in [4.78, 5) is 14.5. The summed E-state index contributed by atoms with van der Waals surface area (Å²) in [5.41, 5.74) is 0.342. The normalized spacial score (nSPS) is 22.4. The van der Waals surface area contributed by atoms with Gasteiger partial charge < -0.3 is 9.64 Å². The van der Waals surface area contributed by atoms with E-state index in [1.165, 1.54) is 0 Å². The van der Waals surface area contributed by atoms with Gasteiger partial charge in [0.15, 0.2) is 0 Å². The molecule has 19 heavy (non-hydrogen) atoms. The second kappa shape index (κ2) is 5.43. The predicted molar refractivity (Wildman–Crippen MR) is 79.7 cm³/mol. The van der Waals surface area contributed by atoms with Gasteiger partial charge in [0, 0.05) is 16.6 Å². The molecular formula is C14H17BrClNO2. The SMILES string of the molecule is CC1CN(C(=O)c2ccc(Cl)c(Br)c2)C(C)(C)CO1. The molecule has 1 saturated heterocycles. The van der Waals surface area contributed by atoms with Crippen molar-refractivity contribution in [1.29, 1.82) is 0 Å². The maximum atomic E-state index is 12.6. The Morgan fingerprint density at radius 2 is 2.21 bits per heavy atom. The lowest BCUT2D eigenvalue weighted by Gasteiger charge is -2.44. The summed E-state index contributed by atoms with van der Waals surface area (Å²) >= 11 is 9.31. The quantitative estimate of drug-likeness (QED) is 0.775. The van der Waals surface area contributed by atoms with Crippen LogP contribution in [0, 0.1) is 0 Å². The van der Waals surface area contributed by atoms with Gasteiger partial charge in [-0.15, -0.1) is 0 Å². The molecule has 2 rings (SSSR count). The molecule has 0 bridgehead atoms. The highest BCUT2D eigenvalue weighted by atomic mass is 79.9. The number of benzene rings is 1. The van der Waals surface area contributed by atoms with Gasteiger partial charge in [0.1, 0.15) is 0 Å². The van der Waals surface area contributed by atoms with Gasteiger partial charge in [-0.1, -0.05) is 11.6 Å². The molecule has 1 aromatic carbocycles.